The van der Waals surface area contributed by atoms with Crippen LogP contribution in [0.4, 0.5) is 0 Å². The molecule has 0 aliphatic heterocycles. The third kappa shape index (κ3) is 7.78. The summed E-state index contributed by atoms with van der Waals surface area (Å²) in [7, 11) is 0. The normalized spacial score (nSPS) is 26.4. The number of carboxylic acid groups (broad SMARTS) is 1. The zero-order valence-corrected chi connectivity index (χ0v) is 24.6. The van der Waals surface area contributed by atoms with Gasteiger partial charge in [-0.1, -0.05) is 44.2 Å². The Hall–Kier alpha value is -2.52. The van der Waals surface area contributed by atoms with E-state index in [1.54, 1.807) is 6.08 Å². The summed E-state index contributed by atoms with van der Waals surface area (Å²) in [6.45, 7) is 8.94. The van der Waals surface area contributed by atoms with Gasteiger partial charge in [0.1, 0.15) is 11.1 Å². The highest BCUT2D eigenvalue weighted by Crippen LogP contribution is 2.52. The largest absolute Gasteiger partial charge is 0.481 e. The van der Waals surface area contributed by atoms with Gasteiger partial charge in [0, 0.05) is 35.9 Å². The molecule has 4 rings (SSSR count). The standard InChI is InChI=1S/C32H43ClN2O4/c1-5-20(2)19-32(4)16-14-23(15-17-32)31-29(22-8-9-22)30(35-39-31)24(10-13-28(37)38)18-27(36)34-26-12-7-21(3)6-11-25(26)33/h7,12,20,22-25H,5,8-10,13-19H2,1-4H3,(H,34,36)(H,37,38)/t20?,23-,24?,25?,32+. The topological polar surface area (TPSA) is 92.4 Å². The van der Waals surface area contributed by atoms with Crippen molar-refractivity contribution in [2.75, 3.05) is 0 Å². The molecular formula is C32H43ClN2O4. The van der Waals surface area contributed by atoms with Gasteiger partial charge in [-0.2, -0.15) is 0 Å². The van der Waals surface area contributed by atoms with Crippen molar-refractivity contribution in [3.63, 3.8) is 0 Å². The lowest BCUT2D eigenvalue weighted by Gasteiger charge is -2.38. The third-order valence-corrected chi connectivity index (χ3v) is 9.21. The third-order valence-electron chi connectivity index (χ3n) is 8.86. The monoisotopic (exact) mass is 554 g/mol. The lowest BCUT2D eigenvalue weighted by molar-refractivity contribution is -0.137. The highest BCUT2D eigenvalue weighted by molar-refractivity contribution is 6.24. The second-order valence-electron chi connectivity index (χ2n) is 12.4. The molecule has 2 fully saturated rings. The molecule has 0 aromatic carbocycles. The van der Waals surface area contributed by atoms with E-state index >= 15 is 0 Å². The van der Waals surface area contributed by atoms with Crippen molar-refractivity contribution in [1.82, 2.24) is 10.5 Å². The maximum atomic E-state index is 13.2. The molecule has 0 saturated heterocycles. The second-order valence-corrected chi connectivity index (χ2v) is 12.8. The van der Waals surface area contributed by atoms with Crippen LogP contribution in [0.25, 0.3) is 0 Å². The van der Waals surface area contributed by atoms with Gasteiger partial charge >= 0.3 is 5.97 Å². The van der Waals surface area contributed by atoms with Crippen molar-refractivity contribution >= 4 is 23.5 Å². The molecule has 39 heavy (non-hydrogen) atoms. The van der Waals surface area contributed by atoms with Gasteiger partial charge in [0.05, 0.1) is 5.69 Å². The molecule has 3 aliphatic rings. The van der Waals surface area contributed by atoms with Gasteiger partial charge in [0.2, 0.25) is 5.91 Å². The van der Waals surface area contributed by atoms with Gasteiger partial charge in [-0.15, -0.1) is 11.6 Å². The number of hydrogen-bond acceptors (Lipinski definition) is 4. The van der Waals surface area contributed by atoms with E-state index in [1.165, 1.54) is 25.7 Å². The van der Waals surface area contributed by atoms with Crippen LogP contribution in [-0.4, -0.2) is 27.5 Å². The summed E-state index contributed by atoms with van der Waals surface area (Å²) in [5, 5.41) is 16.3. The van der Waals surface area contributed by atoms with Gasteiger partial charge in [-0.05, 0) is 93.3 Å². The van der Waals surface area contributed by atoms with Crippen LogP contribution in [0.15, 0.2) is 27.9 Å². The molecule has 212 valence electrons. The molecule has 3 unspecified atom stereocenters. The van der Waals surface area contributed by atoms with Crippen molar-refractivity contribution in [2.45, 2.75) is 121 Å². The van der Waals surface area contributed by atoms with Gasteiger partial charge in [0.25, 0.3) is 0 Å². The molecule has 1 aromatic rings. The number of hydrogen-bond donors (Lipinski definition) is 2. The van der Waals surface area contributed by atoms with Crippen molar-refractivity contribution in [3.8, 4) is 11.8 Å². The number of carboxylic acids is 1. The second kappa shape index (κ2) is 12.8. The lowest BCUT2D eigenvalue weighted by Crippen LogP contribution is -2.28. The predicted molar refractivity (Wildman–Crippen MR) is 153 cm³/mol. The van der Waals surface area contributed by atoms with Crippen LogP contribution in [-0.2, 0) is 9.59 Å². The van der Waals surface area contributed by atoms with Crippen LogP contribution in [0.5, 0.6) is 0 Å². The molecule has 0 radical (unpaired) electrons. The molecule has 1 aromatic heterocycles. The summed E-state index contributed by atoms with van der Waals surface area (Å²) in [6, 6.07) is 0. The van der Waals surface area contributed by atoms with Crippen LogP contribution >= 0.6 is 11.6 Å². The van der Waals surface area contributed by atoms with Gasteiger partial charge in [-0.25, -0.2) is 0 Å². The van der Waals surface area contributed by atoms with E-state index < -0.39 is 11.3 Å². The maximum Gasteiger partial charge on any atom is 0.303 e. The molecule has 0 bridgehead atoms. The average Bonchev–Trinajstić information content (AvgIpc) is 3.67. The van der Waals surface area contributed by atoms with E-state index in [1.807, 2.05) is 13.0 Å². The summed E-state index contributed by atoms with van der Waals surface area (Å²) >= 11 is 6.38. The number of alkyl halides is 1. The minimum atomic E-state index is -0.881. The molecule has 6 nitrogen and oxygen atoms in total. The first-order valence-corrected chi connectivity index (χ1v) is 15.1. The Kier molecular flexibility index (Phi) is 9.64. The molecule has 3 aliphatic carbocycles. The summed E-state index contributed by atoms with van der Waals surface area (Å²) in [4.78, 5) is 24.7. The summed E-state index contributed by atoms with van der Waals surface area (Å²) in [6.07, 6.45) is 13.2. The molecular weight excluding hydrogens is 512 g/mol. The number of nitrogens with zero attached hydrogens (tertiary/aromatic N) is 1. The van der Waals surface area contributed by atoms with Gasteiger partial charge in [0.15, 0.2) is 0 Å². The molecule has 1 amide bonds. The zero-order chi connectivity index (χ0) is 28.2. The molecule has 7 heteroatoms. The molecule has 2 N–H and O–H groups in total. The van der Waals surface area contributed by atoms with Crippen LogP contribution in [0.2, 0.25) is 0 Å². The average molecular weight is 555 g/mol. The Morgan fingerprint density at radius 3 is 2.59 bits per heavy atom. The van der Waals surface area contributed by atoms with Crippen LogP contribution in [0.3, 0.4) is 0 Å². The number of aromatic nitrogens is 1. The van der Waals surface area contributed by atoms with Gasteiger partial charge in [-0.3, -0.25) is 9.59 Å². The van der Waals surface area contributed by atoms with Crippen molar-refractivity contribution in [1.29, 1.82) is 0 Å². The molecule has 1 heterocycles. The maximum absolute atomic E-state index is 13.2. The van der Waals surface area contributed by atoms with Gasteiger partial charge < -0.3 is 14.9 Å². The van der Waals surface area contributed by atoms with Crippen LogP contribution < -0.4 is 5.32 Å². The number of rotatable bonds is 12. The number of nitrogens with one attached hydrogen (secondary N) is 1. The van der Waals surface area contributed by atoms with E-state index in [9.17, 15) is 14.7 Å². The Labute approximate surface area is 238 Å². The molecule has 2 saturated carbocycles. The quantitative estimate of drug-likeness (QED) is 0.205. The smallest absolute Gasteiger partial charge is 0.303 e. The van der Waals surface area contributed by atoms with Crippen molar-refractivity contribution in [3.05, 3.63) is 40.4 Å². The number of aliphatic carboxylic acids is 1. The number of amides is 1. The number of carbonyl (C=O) groups excluding carboxylic acids is 1. The highest BCUT2D eigenvalue weighted by Gasteiger charge is 2.40. The number of carbonyl (C=O) groups is 2. The highest BCUT2D eigenvalue weighted by atomic mass is 35.5. The predicted octanol–water partition coefficient (Wildman–Crippen LogP) is 7.56. The molecule has 3 atom stereocenters. The Morgan fingerprint density at radius 1 is 1.23 bits per heavy atom. The fraction of sp³-hybridized carbons (Fsp3) is 0.656. The van der Waals surface area contributed by atoms with Crippen molar-refractivity contribution < 1.29 is 19.2 Å². The SMILES string of the molecule is CCC(C)C[C@]1(C)CC[C@H](c2onc(C(CCC(=O)O)CC(=O)NC3=CC=C(C)C#CC3Cl)c2C2CC2)CC1. The minimum Gasteiger partial charge on any atom is -0.481 e. The van der Waals surface area contributed by atoms with Crippen LogP contribution in [0.1, 0.15) is 133 Å². The van der Waals surface area contributed by atoms with E-state index in [-0.39, 0.29) is 24.7 Å². The van der Waals surface area contributed by atoms with E-state index in [2.05, 4.69) is 43.1 Å². The first-order chi connectivity index (χ1) is 18.6. The lowest BCUT2D eigenvalue weighted by atomic mass is 9.66. The summed E-state index contributed by atoms with van der Waals surface area (Å²) < 4.78 is 6.08. The minimum absolute atomic E-state index is 0.0319. The van der Waals surface area contributed by atoms with Crippen molar-refractivity contribution in [2.24, 2.45) is 11.3 Å². The number of allylic oxidation sites excluding steroid dienone is 4. The fourth-order valence-corrected chi connectivity index (χ4v) is 6.41. The summed E-state index contributed by atoms with van der Waals surface area (Å²) in [5.74, 6) is 6.90. The van der Waals surface area contributed by atoms with E-state index in [4.69, 9.17) is 16.1 Å². The molecule has 0 spiro atoms. The first kappa shape index (κ1) is 29.5. The van der Waals surface area contributed by atoms with Crippen LogP contribution in [0, 0.1) is 23.2 Å². The fourth-order valence-electron chi connectivity index (χ4n) is 6.23. The Morgan fingerprint density at radius 2 is 1.95 bits per heavy atom. The number of halogens is 1. The van der Waals surface area contributed by atoms with E-state index in [0.29, 0.717) is 29.4 Å². The Bertz CT molecular complexity index is 1170. The van der Waals surface area contributed by atoms with E-state index in [0.717, 1.165) is 54.2 Å². The first-order valence-electron chi connectivity index (χ1n) is 14.6. The summed E-state index contributed by atoms with van der Waals surface area (Å²) in [5.41, 5.74) is 3.72. The zero-order valence-electron chi connectivity index (χ0n) is 23.8. The Balaban J connectivity index is 1.52.